The Labute approximate surface area is 269 Å². The van der Waals surface area contributed by atoms with E-state index in [-0.39, 0.29) is 37.2 Å². The summed E-state index contributed by atoms with van der Waals surface area (Å²) < 4.78 is 10.4. The Morgan fingerprint density at radius 3 is 2.00 bits per heavy atom. The number of nitrogens with one attached hydrogen (secondary N) is 3. The van der Waals surface area contributed by atoms with Crippen molar-refractivity contribution in [2.24, 2.45) is 5.92 Å². The van der Waals surface area contributed by atoms with Gasteiger partial charge in [-0.3, -0.25) is 24.0 Å². The van der Waals surface area contributed by atoms with Gasteiger partial charge < -0.3 is 40.1 Å². The highest BCUT2D eigenvalue weighted by molar-refractivity contribution is 6.62. The summed E-state index contributed by atoms with van der Waals surface area (Å²) in [5, 5.41) is 28.8. The summed E-state index contributed by atoms with van der Waals surface area (Å²) in [4.78, 5) is 82.5. The Bertz CT molecular complexity index is 1640. The molecule has 5 N–H and O–H groups in total. The zero-order valence-electron chi connectivity index (χ0n) is 25.4. The van der Waals surface area contributed by atoms with Gasteiger partial charge in [0.1, 0.15) is 6.04 Å². The van der Waals surface area contributed by atoms with Gasteiger partial charge in [-0.2, -0.15) is 0 Å². The minimum atomic E-state index is -1.34. The van der Waals surface area contributed by atoms with Crippen LogP contribution < -0.4 is 26.9 Å². The van der Waals surface area contributed by atoms with Crippen LogP contribution in [0.3, 0.4) is 0 Å². The molecule has 244 valence electrons. The molecule has 5 amide bonds. The normalized spacial score (nSPS) is 21.3. The maximum absolute atomic E-state index is 13.8. The van der Waals surface area contributed by atoms with Crippen LogP contribution in [0.15, 0.2) is 36.4 Å². The number of fused-ring (bicyclic) bond motifs is 2. The van der Waals surface area contributed by atoms with Crippen molar-refractivity contribution >= 4 is 60.7 Å². The minimum Gasteiger partial charge on any atom is -0.423 e. The number of nitrogens with zero attached hydrogens (tertiary/aromatic N) is 1. The first kappa shape index (κ1) is 32.4. The second-order valence-electron chi connectivity index (χ2n) is 12.0. The summed E-state index contributed by atoms with van der Waals surface area (Å²) in [6.45, 7) is 1.91. The van der Waals surface area contributed by atoms with Crippen LogP contribution in [0.5, 0.6) is 0 Å². The molecule has 1 saturated heterocycles. The van der Waals surface area contributed by atoms with E-state index in [2.05, 4.69) is 16.0 Å². The van der Waals surface area contributed by atoms with Crippen LogP contribution in [0.2, 0.25) is 0 Å². The summed E-state index contributed by atoms with van der Waals surface area (Å²) >= 11 is 0. The van der Waals surface area contributed by atoms with Crippen molar-refractivity contribution in [2.75, 3.05) is 0 Å². The molecule has 15 nitrogen and oxygen atoms in total. The van der Waals surface area contributed by atoms with Gasteiger partial charge in [-0.15, -0.1) is 5.06 Å². The van der Waals surface area contributed by atoms with Crippen molar-refractivity contribution in [2.45, 2.75) is 70.4 Å². The summed E-state index contributed by atoms with van der Waals surface area (Å²) in [7, 11) is -2.37. The van der Waals surface area contributed by atoms with Crippen LogP contribution in [0, 0.1) is 5.92 Å². The van der Waals surface area contributed by atoms with Crippen LogP contribution in [0.4, 0.5) is 0 Å². The van der Waals surface area contributed by atoms with Gasteiger partial charge in [-0.1, -0.05) is 18.6 Å². The highest BCUT2D eigenvalue weighted by atomic mass is 16.7. The fourth-order valence-corrected chi connectivity index (χ4v) is 6.23. The lowest BCUT2D eigenvalue weighted by Crippen LogP contribution is -2.59. The Balaban J connectivity index is 1.19. The Morgan fingerprint density at radius 2 is 1.43 bits per heavy atom. The maximum atomic E-state index is 13.8. The van der Waals surface area contributed by atoms with Gasteiger partial charge >= 0.3 is 20.2 Å². The number of rotatable bonds is 9. The molecule has 17 heteroatoms. The van der Waals surface area contributed by atoms with E-state index >= 15 is 0 Å². The second-order valence-corrected chi connectivity index (χ2v) is 12.0. The quantitative estimate of drug-likeness (QED) is 0.148. The molecule has 0 spiro atoms. The minimum absolute atomic E-state index is 0.0576. The maximum Gasteiger partial charge on any atom is 0.491 e. The fourth-order valence-electron chi connectivity index (χ4n) is 6.23. The van der Waals surface area contributed by atoms with E-state index < -0.39 is 73.8 Å². The van der Waals surface area contributed by atoms with Crippen LogP contribution in [0.1, 0.15) is 70.9 Å². The molecule has 2 aromatic rings. The Hall–Kier alpha value is -4.57. The lowest BCUT2D eigenvalue weighted by molar-refractivity contribution is -0.201. The monoisotopic (exact) mass is 646 g/mol. The number of benzene rings is 2. The van der Waals surface area contributed by atoms with Crippen molar-refractivity contribution in [3.05, 3.63) is 58.7 Å². The molecule has 2 aromatic carbocycles. The standard InChI is InChI=1S/C30H32B2N4O11/c1-15(33-27(39)16-5-7-18-13-45-31(43)21(18)11-16)26(35-28(40)17-6-8-19-14-46-32(44)22(19)12-17)29(41)34-23-4-2-3-20(23)30(42)47-36-24(37)9-10-25(36)38/h5-8,11-12,15,20,23,26,43-44H,2-4,9-10,13-14H2,1H3,(H,33,39)(H,34,41)(H,35,40)/t15-,20-,23-,26-/m0/s1. The summed E-state index contributed by atoms with van der Waals surface area (Å²) in [5.41, 5.74) is 2.66. The van der Waals surface area contributed by atoms with Gasteiger partial charge in [-0.05, 0) is 66.1 Å². The number of carbonyl (C=O) groups is 6. The predicted molar refractivity (Wildman–Crippen MR) is 162 cm³/mol. The molecular formula is C30H32B2N4O11. The molecule has 4 aliphatic rings. The first-order chi connectivity index (χ1) is 22.5. The Kier molecular flexibility index (Phi) is 9.14. The third-order valence-corrected chi connectivity index (χ3v) is 8.90. The number of imide groups is 1. The van der Waals surface area contributed by atoms with E-state index in [4.69, 9.17) is 14.1 Å². The van der Waals surface area contributed by atoms with Crippen LogP contribution in [-0.2, 0) is 46.5 Å². The smallest absolute Gasteiger partial charge is 0.423 e. The van der Waals surface area contributed by atoms with E-state index in [1.54, 1.807) is 18.2 Å². The molecule has 1 aliphatic carbocycles. The van der Waals surface area contributed by atoms with Gasteiger partial charge in [-0.25, -0.2) is 4.79 Å². The average Bonchev–Trinajstić information content (AvgIpc) is 3.84. The Morgan fingerprint density at radius 1 is 0.872 bits per heavy atom. The second kappa shape index (κ2) is 13.3. The summed E-state index contributed by atoms with van der Waals surface area (Å²) in [6, 6.07) is 6.25. The molecule has 0 bridgehead atoms. The fraction of sp³-hybridized carbons (Fsp3) is 0.400. The van der Waals surface area contributed by atoms with Crippen LogP contribution in [0.25, 0.3) is 0 Å². The van der Waals surface area contributed by atoms with Gasteiger partial charge in [0.15, 0.2) is 0 Å². The van der Waals surface area contributed by atoms with E-state index in [0.717, 1.165) is 5.56 Å². The number of carbonyl (C=O) groups excluding carboxylic acids is 6. The van der Waals surface area contributed by atoms with Crippen molar-refractivity contribution in [3.63, 3.8) is 0 Å². The first-order valence-electron chi connectivity index (χ1n) is 15.3. The van der Waals surface area contributed by atoms with Gasteiger partial charge in [0, 0.05) is 30.0 Å². The van der Waals surface area contributed by atoms with Crippen LogP contribution in [-0.4, -0.2) is 83.0 Å². The third kappa shape index (κ3) is 6.65. The molecule has 1 saturated carbocycles. The van der Waals surface area contributed by atoms with Crippen molar-refractivity contribution in [1.29, 1.82) is 0 Å². The average molecular weight is 646 g/mol. The van der Waals surface area contributed by atoms with E-state index in [1.807, 2.05) is 0 Å². The molecule has 3 aliphatic heterocycles. The topological polar surface area (TPSA) is 210 Å². The number of hydrogen-bond acceptors (Lipinski definition) is 11. The first-order valence-corrected chi connectivity index (χ1v) is 15.3. The zero-order chi connectivity index (χ0) is 33.4. The van der Waals surface area contributed by atoms with Gasteiger partial charge in [0.2, 0.25) is 5.91 Å². The molecule has 0 aromatic heterocycles. The highest BCUT2D eigenvalue weighted by Crippen LogP contribution is 2.28. The summed E-state index contributed by atoms with van der Waals surface area (Å²) in [5.74, 6) is -4.88. The third-order valence-electron chi connectivity index (χ3n) is 8.90. The van der Waals surface area contributed by atoms with E-state index in [1.165, 1.54) is 25.1 Å². The molecule has 4 atom stereocenters. The molecule has 47 heavy (non-hydrogen) atoms. The molecule has 3 heterocycles. The number of amides is 5. The SMILES string of the molecule is C[C@H](NC(=O)c1ccc2c(c1)B(O)OC2)[C@H](NC(=O)c1ccc2c(c1)B(O)OC2)C(=O)N[C@H]1CCC[C@@H]1C(=O)ON1C(=O)CCC1=O. The van der Waals surface area contributed by atoms with Crippen molar-refractivity contribution < 1.29 is 53.0 Å². The molecule has 0 radical (unpaired) electrons. The van der Waals surface area contributed by atoms with E-state index in [0.29, 0.717) is 40.8 Å². The largest absolute Gasteiger partial charge is 0.491 e. The molecule has 2 fully saturated rings. The zero-order valence-corrected chi connectivity index (χ0v) is 25.4. The predicted octanol–water partition coefficient (Wildman–Crippen LogP) is -2.07. The lowest BCUT2D eigenvalue weighted by atomic mass is 9.78. The lowest BCUT2D eigenvalue weighted by Gasteiger charge is -2.28. The molecule has 6 rings (SSSR count). The number of hydroxylamine groups is 2. The van der Waals surface area contributed by atoms with Crippen molar-refractivity contribution in [3.8, 4) is 0 Å². The number of hydrogen-bond donors (Lipinski definition) is 5. The van der Waals surface area contributed by atoms with Gasteiger partial charge in [0.05, 0.1) is 25.2 Å². The van der Waals surface area contributed by atoms with E-state index in [9.17, 15) is 38.8 Å². The molecule has 0 unspecified atom stereocenters. The van der Waals surface area contributed by atoms with Crippen LogP contribution >= 0.6 is 0 Å². The summed E-state index contributed by atoms with van der Waals surface area (Å²) in [6.07, 6.45) is 1.15. The molecular weight excluding hydrogens is 614 g/mol. The van der Waals surface area contributed by atoms with Gasteiger partial charge in [0.25, 0.3) is 23.6 Å². The van der Waals surface area contributed by atoms with Crippen molar-refractivity contribution in [1.82, 2.24) is 21.0 Å². The highest BCUT2D eigenvalue weighted by Gasteiger charge is 2.41.